The topological polar surface area (TPSA) is 149 Å². The lowest BCUT2D eigenvalue weighted by molar-refractivity contribution is -0.185. The van der Waals surface area contributed by atoms with Crippen LogP contribution in [0.15, 0.2) is 11.8 Å². The SMILES string of the molecule is COC(=O)C1=C[C@@H](OC(C)=O)[C@@H](OC(C)=O)C([C@@H](COC(C)=O)C(=O)C(C)=O)O1. The minimum absolute atomic E-state index is 0.434. The molecule has 0 aromatic heterocycles. The Bertz CT molecular complexity index is 736. The fourth-order valence-corrected chi connectivity index (χ4v) is 2.62. The standard InChI is InChI=1S/C18H22O11/c1-8(19)15(23)12(7-26-9(2)20)16-17(28-11(4)22)13(27-10(3)21)6-14(29-16)18(24)25-5/h6,12-13,16-17H,7H2,1-5H3/t12-,13+,16?,17+/m0/s1. The van der Waals surface area contributed by atoms with E-state index in [2.05, 4.69) is 4.74 Å². The second kappa shape index (κ2) is 10.3. The second-order valence-corrected chi connectivity index (χ2v) is 6.08. The highest BCUT2D eigenvalue weighted by Gasteiger charge is 2.48. The highest BCUT2D eigenvalue weighted by atomic mass is 16.6. The average molecular weight is 414 g/mol. The number of ketones is 2. The van der Waals surface area contributed by atoms with Crippen LogP contribution in [0.4, 0.5) is 0 Å². The number of hydrogen-bond donors (Lipinski definition) is 0. The Hall–Kier alpha value is -3.24. The monoisotopic (exact) mass is 414 g/mol. The van der Waals surface area contributed by atoms with Crippen molar-refractivity contribution in [3.05, 3.63) is 11.8 Å². The van der Waals surface area contributed by atoms with Crippen LogP contribution in [0.5, 0.6) is 0 Å². The van der Waals surface area contributed by atoms with E-state index in [-0.39, 0.29) is 0 Å². The summed E-state index contributed by atoms with van der Waals surface area (Å²) in [6.45, 7) is 3.63. The van der Waals surface area contributed by atoms with Crippen LogP contribution in [0.2, 0.25) is 0 Å². The molecule has 11 heteroatoms. The Labute approximate surface area is 166 Å². The van der Waals surface area contributed by atoms with Crippen LogP contribution in [0.3, 0.4) is 0 Å². The summed E-state index contributed by atoms with van der Waals surface area (Å²) in [6, 6.07) is 0. The fraction of sp³-hybridized carbons (Fsp3) is 0.556. The van der Waals surface area contributed by atoms with E-state index in [0.29, 0.717) is 0 Å². The molecule has 0 spiro atoms. The van der Waals surface area contributed by atoms with Gasteiger partial charge in [0.25, 0.3) is 0 Å². The predicted molar refractivity (Wildman–Crippen MR) is 91.9 cm³/mol. The predicted octanol–water partition coefficient (Wildman–Crippen LogP) is -0.357. The lowest BCUT2D eigenvalue weighted by Gasteiger charge is -2.38. The Morgan fingerprint density at radius 3 is 2.00 bits per heavy atom. The third kappa shape index (κ3) is 6.70. The largest absolute Gasteiger partial charge is 0.478 e. The van der Waals surface area contributed by atoms with Crippen molar-refractivity contribution in [2.45, 2.75) is 46.0 Å². The number of esters is 4. The molecule has 1 unspecified atom stereocenters. The van der Waals surface area contributed by atoms with E-state index in [1.54, 1.807) is 0 Å². The van der Waals surface area contributed by atoms with Gasteiger partial charge in [0.1, 0.15) is 12.5 Å². The van der Waals surface area contributed by atoms with Gasteiger partial charge in [-0.1, -0.05) is 0 Å². The molecule has 1 heterocycles. The normalized spacial score (nSPS) is 21.6. The van der Waals surface area contributed by atoms with Crippen molar-refractivity contribution in [3.8, 4) is 0 Å². The summed E-state index contributed by atoms with van der Waals surface area (Å²) in [7, 11) is 1.07. The van der Waals surface area contributed by atoms with Crippen molar-refractivity contribution < 1.29 is 52.5 Å². The van der Waals surface area contributed by atoms with Gasteiger partial charge >= 0.3 is 23.9 Å². The number of methoxy groups -OCH3 is 1. The molecular weight excluding hydrogens is 392 g/mol. The van der Waals surface area contributed by atoms with Gasteiger partial charge in [0.2, 0.25) is 11.5 Å². The van der Waals surface area contributed by atoms with Crippen molar-refractivity contribution in [1.29, 1.82) is 0 Å². The molecule has 1 aliphatic heterocycles. The molecule has 0 bridgehead atoms. The number of carbonyl (C=O) groups is 6. The van der Waals surface area contributed by atoms with Crippen LogP contribution in [0, 0.1) is 5.92 Å². The third-order valence-electron chi connectivity index (χ3n) is 3.76. The van der Waals surface area contributed by atoms with Crippen molar-refractivity contribution in [2.75, 3.05) is 13.7 Å². The Balaban J connectivity index is 3.47. The first-order valence-corrected chi connectivity index (χ1v) is 8.47. The maximum absolute atomic E-state index is 12.5. The van der Waals surface area contributed by atoms with Crippen LogP contribution >= 0.6 is 0 Å². The second-order valence-electron chi connectivity index (χ2n) is 6.08. The molecule has 0 saturated heterocycles. The van der Waals surface area contributed by atoms with Crippen molar-refractivity contribution >= 4 is 35.4 Å². The number of rotatable bonds is 8. The minimum atomic E-state index is -1.49. The van der Waals surface area contributed by atoms with E-state index in [0.717, 1.165) is 40.9 Å². The lowest BCUT2D eigenvalue weighted by Crippen LogP contribution is -2.53. The summed E-state index contributed by atoms with van der Waals surface area (Å²) in [6.07, 6.45) is -3.17. The number of Topliss-reactive ketones (excluding diaryl/α,β-unsaturated/α-hetero) is 2. The minimum Gasteiger partial charge on any atom is -0.478 e. The Morgan fingerprint density at radius 1 is 0.966 bits per heavy atom. The zero-order valence-electron chi connectivity index (χ0n) is 16.6. The Kier molecular flexibility index (Phi) is 8.49. The number of ether oxygens (including phenoxy) is 5. The van der Waals surface area contributed by atoms with E-state index in [9.17, 15) is 28.8 Å². The van der Waals surface area contributed by atoms with E-state index in [1.165, 1.54) is 0 Å². The Morgan fingerprint density at radius 2 is 1.55 bits per heavy atom. The first-order chi connectivity index (χ1) is 13.5. The van der Waals surface area contributed by atoms with E-state index in [4.69, 9.17) is 18.9 Å². The van der Waals surface area contributed by atoms with Gasteiger partial charge in [-0.3, -0.25) is 24.0 Å². The molecule has 0 fully saturated rings. The zero-order valence-corrected chi connectivity index (χ0v) is 16.6. The van der Waals surface area contributed by atoms with Crippen molar-refractivity contribution in [2.24, 2.45) is 5.92 Å². The third-order valence-corrected chi connectivity index (χ3v) is 3.76. The number of carbonyl (C=O) groups excluding carboxylic acids is 6. The number of hydrogen-bond acceptors (Lipinski definition) is 11. The van der Waals surface area contributed by atoms with Gasteiger partial charge < -0.3 is 23.7 Å². The molecule has 0 aromatic carbocycles. The smallest absolute Gasteiger partial charge is 0.373 e. The van der Waals surface area contributed by atoms with Crippen LogP contribution in [0.1, 0.15) is 27.7 Å². The van der Waals surface area contributed by atoms with Crippen molar-refractivity contribution in [3.63, 3.8) is 0 Å². The highest BCUT2D eigenvalue weighted by molar-refractivity contribution is 6.37. The molecule has 11 nitrogen and oxygen atoms in total. The summed E-state index contributed by atoms with van der Waals surface area (Å²) in [5, 5.41) is 0. The molecule has 4 atom stereocenters. The van der Waals surface area contributed by atoms with Crippen LogP contribution < -0.4 is 0 Å². The molecule has 160 valence electrons. The fourth-order valence-electron chi connectivity index (χ4n) is 2.62. The molecule has 29 heavy (non-hydrogen) atoms. The van der Waals surface area contributed by atoms with Gasteiger partial charge in [0.05, 0.1) is 7.11 Å². The first-order valence-electron chi connectivity index (χ1n) is 8.47. The van der Waals surface area contributed by atoms with E-state index in [1.807, 2.05) is 0 Å². The van der Waals surface area contributed by atoms with Gasteiger partial charge in [-0.15, -0.1) is 0 Å². The highest BCUT2D eigenvalue weighted by Crippen LogP contribution is 2.30. The summed E-state index contributed by atoms with van der Waals surface area (Å²) in [5.74, 6) is -7.06. The van der Waals surface area contributed by atoms with E-state index >= 15 is 0 Å². The van der Waals surface area contributed by atoms with Crippen LogP contribution in [0.25, 0.3) is 0 Å². The van der Waals surface area contributed by atoms with Gasteiger partial charge in [0, 0.05) is 33.8 Å². The lowest BCUT2D eigenvalue weighted by atomic mass is 9.88. The maximum Gasteiger partial charge on any atom is 0.373 e. The van der Waals surface area contributed by atoms with Crippen molar-refractivity contribution in [1.82, 2.24) is 0 Å². The first kappa shape index (κ1) is 23.8. The average Bonchev–Trinajstić information content (AvgIpc) is 2.61. The van der Waals surface area contributed by atoms with E-state index < -0.39 is 72.0 Å². The summed E-state index contributed by atoms with van der Waals surface area (Å²) in [5.41, 5.74) is 0. The molecular formula is C18H22O11. The van der Waals surface area contributed by atoms with Gasteiger partial charge in [-0.2, -0.15) is 0 Å². The molecule has 1 aliphatic rings. The maximum atomic E-state index is 12.5. The van der Waals surface area contributed by atoms with Gasteiger partial charge in [-0.25, -0.2) is 4.79 Å². The molecule has 1 rings (SSSR count). The van der Waals surface area contributed by atoms with Gasteiger partial charge in [0.15, 0.2) is 24.1 Å². The molecule has 0 amide bonds. The molecule has 0 aromatic rings. The molecule has 0 radical (unpaired) electrons. The molecule has 0 N–H and O–H groups in total. The summed E-state index contributed by atoms with van der Waals surface area (Å²) < 4.78 is 25.2. The summed E-state index contributed by atoms with van der Waals surface area (Å²) in [4.78, 5) is 70.4. The summed E-state index contributed by atoms with van der Waals surface area (Å²) >= 11 is 0. The van der Waals surface area contributed by atoms with Crippen LogP contribution in [-0.4, -0.2) is 67.5 Å². The van der Waals surface area contributed by atoms with Crippen LogP contribution in [-0.2, 0) is 52.5 Å². The quantitative estimate of drug-likeness (QED) is 0.291. The van der Waals surface area contributed by atoms with Gasteiger partial charge in [-0.05, 0) is 0 Å². The molecule has 0 aliphatic carbocycles. The zero-order chi connectivity index (χ0) is 22.3. The molecule has 0 saturated carbocycles.